The Bertz CT molecular complexity index is 690. The molecule has 0 spiro atoms. The van der Waals surface area contributed by atoms with Crippen molar-refractivity contribution >= 4 is 15.6 Å². The van der Waals surface area contributed by atoms with Crippen molar-refractivity contribution in [1.82, 2.24) is 0 Å². The molecule has 0 aliphatic carbocycles. The second kappa shape index (κ2) is 9.30. The van der Waals surface area contributed by atoms with Gasteiger partial charge in [-0.05, 0) is 45.8 Å². The number of benzene rings is 1. The minimum absolute atomic E-state index is 0.0187. The molecule has 0 saturated carbocycles. The van der Waals surface area contributed by atoms with E-state index in [1.807, 2.05) is 44.2 Å². The molecule has 0 radical (unpaired) electrons. The van der Waals surface area contributed by atoms with Gasteiger partial charge in [0.15, 0.2) is 9.84 Å². The zero-order chi connectivity index (χ0) is 19.2. The fourth-order valence-corrected chi connectivity index (χ4v) is 3.90. The monoisotopic (exact) mass is 366 g/mol. The van der Waals surface area contributed by atoms with Gasteiger partial charge in [-0.1, -0.05) is 43.3 Å². The summed E-state index contributed by atoms with van der Waals surface area (Å²) in [6.07, 6.45) is 1.27. The lowest BCUT2D eigenvalue weighted by molar-refractivity contribution is -0.124. The molecule has 0 heterocycles. The van der Waals surface area contributed by atoms with Crippen LogP contribution in [0.5, 0.6) is 0 Å². The first-order valence-corrected chi connectivity index (χ1v) is 10.2. The van der Waals surface area contributed by atoms with Gasteiger partial charge in [-0.3, -0.25) is 4.79 Å². The second-order valence-corrected chi connectivity index (χ2v) is 9.73. The number of hydrogen-bond acceptors (Lipinski definition) is 4. The van der Waals surface area contributed by atoms with Gasteiger partial charge >= 0.3 is 0 Å². The van der Waals surface area contributed by atoms with E-state index in [-0.39, 0.29) is 11.7 Å². The Hall–Kier alpha value is -1.46. The minimum atomic E-state index is -3.24. The molecule has 0 unspecified atom stereocenters. The zero-order valence-corrected chi connectivity index (χ0v) is 16.8. The summed E-state index contributed by atoms with van der Waals surface area (Å²) in [5.41, 5.74) is 1.79. The topological polar surface area (TPSA) is 60.4 Å². The van der Waals surface area contributed by atoms with E-state index in [9.17, 15) is 13.2 Å². The molecule has 0 fully saturated rings. The highest BCUT2D eigenvalue weighted by molar-refractivity contribution is 7.92. The van der Waals surface area contributed by atoms with Crippen molar-refractivity contribution in [3.8, 4) is 0 Å². The van der Waals surface area contributed by atoms with Crippen LogP contribution in [0.4, 0.5) is 0 Å². The van der Waals surface area contributed by atoms with Crippen molar-refractivity contribution < 1.29 is 17.9 Å². The van der Waals surface area contributed by atoms with E-state index in [1.54, 1.807) is 26.8 Å². The maximum absolute atomic E-state index is 12.3. The summed E-state index contributed by atoms with van der Waals surface area (Å²) in [4.78, 5) is 11.9. The van der Waals surface area contributed by atoms with Gasteiger partial charge < -0.3 is 4.74 Å². The first-order valence-electron chi connectivity index (χ1n) is 8.64. The highest BCUT2D eigenvalue weighted by Gasteiger charge is 2.27. The first-order chi connectivity index (χ1) is 11.6. The van der Waals surface area contributed by atoms with Crippen molar-refractivity contribution in [3.05, 3.63) is 47.5 Å². The number of sulfone groups is 1. The second-order valence-electron chi connectivity index (χ2n) is 6.87. The Balaban J connectivity index is 3.02. The fraction of sp³-hybridized carbons (Fsp3) is 0.550. The predicted octanol–water partition coefficient (Wildman–Crippen LogP) is 3.95. The lowest BCUT2D eigenvalue weighted by Crippen LogP contribution is -2.30. The third-order valence-electron chi connectivity index (χ3n) is 4.49. The van der Waals surface area contributed by atoms with Gasteiger partial charge in [-0.15, -0.1) is 0 Å². The molecule has 0 aromatic heterocycles. The van der Waals surface area contributed by atoms with E-state index >= 15 is 0 Å². The van der Waals surface area contributed by atoms with Crippen LogP contribution in [-0.2, 0) is 26.0 Å². The molecule has 0 aliphatic rings. The number of Topliss-reactive ketones (excluding diaryl/α,β-unsaturated/α-hetero) is 1. The average molecular weight is 367 g/mol. The molecule has 3 atom stereocenters. The molecule has 25 heavy (non-hydrogen) atoms. The highest BCUT2D eigenvalue weighted by Crippen LogP contribution is 2.22. The van der Waals surface area contributed by atoms with Gasteiger partial charge in [0.2, 0.25) is 0 Å². The van der Waals surface area contributed by atoms with Crippen LogP contribution in [0.25, 0.3) is 0 Å². The first kappa shape index (κ1) is 21.6. The third kappa shape index (κ3) is 6.08. The van der Waals surface area contributed by atoms with E-state index < -0.39 is 26.4 Å². The van der Waals surface area contributed by atoms with Gasteiger partial charge in [-0.2, -0.15) is 0 Å². The Kier molecular flexibility index (Phi) is 8.03. The van der Waals surface area contributed by atoms with E-state index in [4.69, 9.17) is 4.74 Å². The van der Waals surface area contributed by atoms with Crippen molar-refractivity contribution in [2.45, 2.75) is 64.8 Å². The number of carbonyl (C=O) groups is 1. The minimum Gasteiger partial charge on any atom is -0.368 e. The SMILES string of the molecule is CC(=O)[C@@H](C)[C@H](OCc1ccccc1)/C(C)=C\[C@@H](C)S(=O)(=O)C(C)C. The molecular formula is C20H30O4S. The van der Waals surface area contributed by atoms with Crippen molar-refractivity contribution in [2.75, 3.05) is 0 Å². The maximum atomic E-state index is 12.3. The fourth-order valence-electron chi connectivity index (χ4n) is 2.63. The molecule has 0 aliphatic heterocycles. The highest BCUT2D eigenvalue weighted by atomic mass is 32.2. The predicted molar refractivity (Wildman–Crippen MR) is 102 cm³/mol. The molecule has 0 bridgehead atoms. The lowest BCUT2D eigenvalue weighted by atomic mass is 9.94. The van der Waals surface area contributed by atoms with Crippen molar-refractivity contribution in [1.29, 1.82) is 0 Å². The molecule has 0 saturated heterocycles. The number of hydrogen-bond donors (Lipinski definition) is 0. The van der Waals surface area contributed by atoms with E-state index in [1.165, 1.54) is 6.92 Å². The maximum Gasteiger partial charge on any atom is 0.158 e. The van der Waals surface area contributed by atoms with E-state index in [2.05, 4.69) is 0 Å². The average Bonchev–Trinajstić information content (AvgIpc) is 2.55. The van der Waals surface area contributed by atoms with Gasteiger partial charge in [0.05, 0.1) is 23.2 Å². The van der Waals surface area contributed by atoms with Crippen LogP contribution in [0.3, 0.4) is 0 Å². The molecule has 4 nitrogen and oxygen atoms in total. The molecule has 140 valence electrons. The summed E-state index contributed by atoms with van der Waals surface area (Å²) in [6.45, 7) is 10.6. The van der Waals surface area contributed by atoms with Crippen LogP contribution >= 0.6 is 0 Å². The van der Waals surface area contributed by atoms with Gasteiger partial charge in [0.25, 0.3) is 0 Å². The van der Waals surface area contributed by atoms with Crippen LogP contribution in [-0.4, -0.2) is 30.8 Å². The molecular weight excluding hydrogens is 336 g/mol. The smallest absolute Gasteiger partial charge is 0.158 e. The van der Waals surface area contributed by atoms with Crippen LogP contribution < -0.4 is 0 Å². The largest absolute Gasteiger partial charge is 0.368 e. The van der Waals surface area contributed by atoms with Crippen molar-refractivity contribution in [2.24, 2.45) is 5.92 Å². The molecule has 5 heteroatoms. The summed E-state index contributed by atoms with van der Waals surface area (Å²) in [5.74, 6) is -0.320. The lowest BCUT2D eigenvalue weighted by Gasteiger charge is -2.25. The molecule has 1 aromatic carbocycles. The number of rotatable bonds is 9. The van der Waals surface area contributed by atoms with Gasteiger partial charge in [-0.25, -0.2) is 8.42 Å². The third-order valence-corrected chi connectivity index (χ3v) is 6.98. The van der Waals surface area contributed by atoms with Crippen molar-refractivity contribution in [3.63, 3.8) is 0 Å². The molecule has 0 N–H and O–H groups in total. The summed E-state index contributed by atoms with van der Waals surface area (Å²) < 4.78 is 30.6. The summed E-state index contributed by atoms with van der Waals surface area (Å²) in [6, 6.07) is 9.72. The standard InChI is InChI=1S/C20H30O4S/c1-14(2)25(22,23)16(4)12-15(3)20(17(5)18(6)21)24-13-19-10-8-7-9-11-19/h7-12,14,16-17,20H,13H2,1-6H3/b15-12-/t16-,17-,20-/m1/s1. The Morgan fingerprint density at radius 2 is 1.64 bits per heavy atom. The number of carbonyl (C=O) groups excluding carboxylic acids is 1. The van der Waals surface area contributed by atoms with Crippen LogP contribution in [0.15, 0.2) is 42.0 Å². The Morgan fingerprint density at radius 3 is 2.12 bits per heavy atom. The van der Waals surface area contributed by atoms with Gasteiger partial charge in [0.1, 0.15) is 5.78 Å². The quantitative estimate of drug-likeness (QED) is 0.621. The Morgan fingerprint density at radius 1 is 1.08 bits per heavy atom. The number of ketones is 1. The summed E-state index contributed by atoms with van der Waals surface area (Å²) in [7, 11) is -3.24. The van der Waals surface area contributed by atoms with Gasteiger partial charge in [0, 0.05) is 5.92 Å². The van der Waals surface area contributed by atoms with Crippen LogP contribution in [0, 0.1) is 5.92 Å². The summed E-state index contributed by atoms with van der Waals surface area (Å²) in [5, 5.41) is -1.06. The number of ether oxygens (including phenoxy) is 1. The van der Waals surface area contributed by atoms with Crippen LogP contribution in [0.1, 0.15) is 47.1 Å². The van der Waals surface area contributed by atoms with Crippen LogP contribution in [0.2, 0.25) is 0 Å². The Labute approximate surface area is 152 Å². The van der Waals surface area contributed by atoms with E-state index in [0.29, 0.717) is 6.61 Å². The molecule has 1 aromatic rings. The molecule has 1 rings (SSSR count). The van der Waals surface area contributed by atoms with E-state index in [0.717, 1.165) is 11.1 Å². The zero-order valence-electron chi connectivity index (χ0n) is 16.0. The summed E-state index contributed by atoms with van der Waals surface area (Å²) >= 11 is 0. The normalized spacial score (nSPS) is 16.5. The molecule has 0 amide bonds.